The first-order chi connectivity index (χ1) is 8.81. The Kier molecular flexibility index (Phi) is 4.20. The average molecular weight is 351 g/mol. The topological polar surface area (TPSA) is 75.6 Å². The molecule has 0 aliphatic heterocycles. The summed E-state index contributed by atoms with van der Waals surface area (Å²) in [5.41, 5.74) is 1.48. The molecule has 5 nitrogen and oxygen atoms in total. The van der Waals surface area contributed by atoms with Crippen LogP contribution in [0, 0.1) is 15.0 Å². The third-order valence-electron chi connectivity index (χ3n) is 2.06. The van der Waals surface area contributed by atoms with E-state index in [9.17, 15) is 0 Å². The van der Waals surface area contributed by atoms with Crippen LogP contribution in [-0.4, -0.2) is 16.7 Å². The number of aromatic nitrogens is 2. The molecule has 1 aromatic carbocycles. The van der Waals surface area contributed by atoms with Crippen LogP contribution in [0.3, 0.4) is 0 Å². The van der Waals surface area contributed by atoms with Crippen LogP contribution in [0.2, 0.25) is 0 Å². The van der Waals surface area contributed by atoms with Crippen molar-refractivity contribution in [2.45, 2.75) is 0 Å². The van der Waals surface area contributed by atoms with Crippen molar-refractivity contribution in [1.29, 1.82) is 5.26 Å². The maximum absolute atomic E-state index is 8.71. The summed E-state index contributed by atoms with van der Waals surface area (Å²) in [4.78, 5) is 8.50. The molecule has 0 aliphatic rings. The van der Waals surface area contributed by atoms with Gasteiger partial charge in [0.2, 0.25) is 0 Å². The van der Waals surface area contributed by atoms with Crippen molar-refractivity contribution in [3.8, 4) is 6.07 Å². The SMILES string of the molecule is C=[NH+][I-]c1ccnc(Nc2ccc(C#N)cc2)n1. The number of nitriles is 1. The standard InChI is InChI=1S/C12H10IN5/c1-15-13-11-6-7-16-12(18-11)17-10-4-2-9(8-14)3-5-10/h2-7,15H,1H2,(H,16,17,18). The fourth-order valence-corrected chi connectivity index (χ4v) is 2.36. The Morgan fingerprint density at radius 3 is 2.72 bits per heavy atom. The number of hydrogen-bond acceptors (Lipinski definition) is 4. The number of nitrogens with one attached hydrogen (secondary N) is 2. The molecule has 18 heavy (non-hydrogen) atoms. The van der Waals surface area contributed by atoms with E-state index in [4.69, 9.17) is 5.26 Å². The number of benzene rings is 1. The molecule has 90 valence electrons. The van der Waals surface area contributed by atoms with E-state index in [2.05, 4.69) is 31.3 Å². The Hall–Kier alpha value is -2.01. The van der Waals surface area contributed by atoms with E-state index in [1.54, 1.807) is 18.3 Å². The van der Waals surface area contributed by atoms with Gasteiger partial charge in [0.25, 0.3) is 0 Å². The number of anilines is 2. The van der Waals surface area contributed by atoms with Crippen molar-refractivity contribution in [2.75, 3.05) is 5.32 Å². The first kappa shape index (κ1) is 12.4. The first-order valence-electron chi connectivity index (χ1n) is 5.08. The first-order valence-corrected chi connectivity index (χ1v) is 7.24. The van der Waals surface area contributed by atoms with E-state index in [-0.39, 0.29) is 21.5 Å². The minimum atomic E-state index is -0.366. The Balaban J connectivity index is 2.15. The van der Waals surface area contributed by atoms with Crippen LogP contribution in [0.1, 0.15) is 5.56 Å². The zero-order valence-electron chi connectivity index (χ0n) is 9.39. The Morgan fingerprint density at radius 2 is 2.06 bits per heavy atom. The van der Waals surface area contributed by atoms with Crippen molar-refractivity contribution >= 4 is 18.4 Å². The third kappa shape index (κ3) is 3.24. The number of hydrogen-bond donors (Lipinski definition) is 2. The van der Waals surface area contributed by atoms with Gasteiger partial charge in [-0.15, -0.1) is 0 Å². The molecule has 0 radical (unpaired) electrons. The molecular formula is C12H10IN5. The van der Waals surface area contributed by atoms with Gasteiger partial charge in [-0.25, -0.2) is 0 Å². The van der Waals surface area contributed by atoms with Gasteiger partial charge >= 0.3 is 115 Å². The van der Waals surface area contributed by atoms with Gasteiger partial charge in [0.05, 0.1) is 0 Å². The van der Waals surface area contributed by atoms with E-state index in [0.29, 0.717) is 11.5 Å². The fourth-order valence-electron chi connectivity index (χ4n) is 1.28. The van der Waals surface area contributed by atoms with Crippen LogP contribution in [0.4, 0.5) is 11.6 Å². The molecule has 0 saturated heterocycles. The Labute approximate surface area is 115 Å². The second-order valence-corrected chi connectivity index (χ2v) is 5.65. The van der Waals surface area contributed by atoms with Crippen molar-refractivity contribution < 1.29 is 24.7 Å². The van der Waals surface area contributed by atoms with Gasteiger partial charge in [-0.1, -0.05) is 0 Å². The van der Waals surface area contributed by atoms with Gasteiger partial charge in [-0.05, 0) is 0 Å². The number of nitrogens with zero attached hydrogens (tertiary/aromatic N) is 3. The molecule has 2 rings (SSSR count). The Bertz CT molecular complexity index is 588. The summed E-state index contributed by atoms with van der Waals surface area (Å²) in [6.07, 6.45) is 1.71. The molecule has 6 heteroatoms. The van der Waals surface area contributed by atoms with Crippen LogP contribution in [0.5, 0.6) is 0 Å². The summed E-state index contributed by atoms with van der Waals surface area (Å²) in [5, 5.41) is 11.8. The van der Waals surface area contributed by atoms with Gasteiger partial charge in [0.15, 0.2) is 0 Å². The molecule has 0 atom stereocenters. The molecule has 2 N–H and O–H groups in total. The maximum atomic E-state index is 8.71. The molecule has 0 saturated carbocycles. The molecule has 1 aromatic heterocycles. The van der Waals surface area contributed by atoms with Crippen LogP contribution in [-0.2, 0) is 0 Å². The molecule has 0 fully saturated rings. The van der Waals surface area contributed by atoms with Crippen LogP contribution < -0.4 is 30.0 Å². The van der Waals surface area contributed by atoms with Crippen LogP contribution in [0.15, 0.2) is 36.5 Å². The summed E-state index contributed by atoms with van der Waals surface area (Å²) in [5.74, 6) is 0.548. The summed E-state index contributed by atoms with van der Waals surface area (Å²) < 4.78 is 3.86. The van der Waals surface area contributed by atoms with Crippen molar-refractivity contribution in [3.63, 3.8) is 0 Å². The predicted molar refractivity (Wildman–Crippen MR) is 63.3 cm³/mol. The van der Waals surface area contributed by atoms with Crippen molar-refractivity contribution in [3.05, 3.63) is 45.8 Å². The molecule has 2 aromatic rings. The fraction of sp³-hybridized carbons (Fsp3) is 0. The minimum absolute atomic E-state index is 0.366. The molecule has 0 bridgehead atoms. The van der Waals surface area contributed by atoms with E-state index < -0.39 is 0 Å². The van der Waals surface area contributed by atoms with Gasteiger partial charge < -0.3 is 0 Å². The van der Waals surface area contributed by atoms with Gasteiger partial charge in [-0.3, -0.25) is 0 Å². The van der Waals surface area contributed by atoms with E-state index in [0.717, 1.165) is 9.39 Å². The number of rotatable bonds is 4. The normalized spacial score (nSPS) is 9.72. The average Bonchev–Trinajstić information content (AvgIpc) is 2.40. The molecule has 0 spiro atoms. The van der Waals surface area contributed by atoms with Crippen molar-refractivity contribution in [1.82, 2.24) is 9.97 Å². The molecule has 1 heterocycles. The van der Waals surface area contributed by atoms with Crippen LogP contribution in [0.25, 0.3) is 0 Å². The molecular weight excluding hydrogens is 341 g/mol. The quantitative estimate of drug-likeness (QED) is 0.267. The Morgan fingerprint density at radius 1 is 1.28 bits per heavy atom. The van der Waals surface area contributed by atoms with E-state index in [1.807, 2.05) is 18.2 Å². The third-order valence-corrected chi connectivity index (χ3v) is 3.59. The van der Waals surface area contributed by atoms with E-state index in [1.165, 1.54) is 0 Å². The van der Waals surface area contributed by atoms with Gasteiger partial charge in [0.1, 0.15) is 0 Å². The summed E-state index contributed by atoms with van der Waals surface area (Å²) >= 11 is -0.366. The van der Waals surface area contributed by atoms with Gasteiger partial charge in [0, 0.05) is 0 Å². The summed E-state index contributed by atoms with van der Waals surface area (Å²) in [6.45, 7) is 3.60. The second kappa shape index (κ2) is 6.07. The van der Waals surface area contributed by atoms with E-state index >= 15 is 0 Å². The zero-order chi connectivity index (χ0) is 12.8. The summed E-state index contributed by atoms with van der Waals surface area (Å²) in [6, 6.07) is 11.1. The zero-order valence-corrected chi connectivity index (χ0v) is 11.5. The molecule has 0 aliphatic carbocycles. The number of halogens is 1. The predicted octanol–water partition coefficient (Wildman–Crippen LogP) is -2.95. The monoisotopic (exact) mass is 351 g/mol. The van der Waals surface area contributed by atoms with Crippen molar-refractivity contribution in [2.24, 2.45) is 0 Å². The van der Waals surface area contributed by atoms with Crippen LogP contribution >= 0.6 is 0 Å². The molecule has 0 amide bonds. The second-order valence-electron chi connectivity index (χ2n) is 3.25. The summed E-state index contributed by atoms with van der Waals surface area (Å²) in [7, 11) is 0. The molecule has 0 unspecified atom stereocenters. The van der Waals surface area contributed by atoms with Gasteiger partial charge in [-0.2, -0.15) is 0 Å².